The highest BCUT2D eigenvalue weighted by molar-refractivity contribution is 6.36. The predicted molar refractivity (Wildman–Crippen MR) is 114 cm³/mol. The zero-order chi connectivity index (χ0) is 20.7. The van der Waals surface area contributed by atoms with Gasteiger partial charge in [-0.15, -0.1) is 0 Å². The number of likely N-dealkylation sites (N-methyl/N-ethyl adjacent to an activating group) is 1. The van der Waals surface area contributed by atoms with Gasteiger partial charge in [0.1, 0.15) is 11.9 Å². The Labute approximate surface area is 177 Å². The number of rotatable bonds is 4. The average Bonchev–Trinajstić information content (AvgIpc) is 3.12. The molecule has 0 amide bonds. The molecule has 29 heavy (non-hydrogen) atoms. The second-order valence-electron chi connectivity index (χ2n) is 7.12. The molecule has 8 heteroatoms. The molecule has 5 nitrogen and oxygen atoms in total. The van der Waals surface area contributed by atoms with Gasteiger partial charge in [-0.2, -0.15) is 0 Å². The number of pyridine rings is 1. The SMILES string of the molecule is C[C@@H](Oc1c(N)ncc2c(C3=CCN(C)CC3)coc12)c1c(Cl)ccc(F)c1Cl. The molecular formula is C21H20Cl2FN3O2. The van der Waals surface area contributed by atoms with Crippen LogP contribution in [-0.4, -0.2) is 30.0 Å². The number of hydrogen-bond donors (Lipinski definition) is 1. The lowest BCUT2D eigenvalue weighted by atomic mass is 10.00. The number of aromatic nitrogens is 1. The van der Waals surface area contributed by atoms with Gasteiger partial charge in [0, 0.05) is 35.4 Å². The molecule has 3 aromatic rings. The van der Waals surface area contributed by atoms with Gasteiger partial charge in [-0.25, -0.2) is 9.37 Å². The van der Waals surface area contributed by atoms with E-state index < -0.39 is 11.9 Å². The van der Waals surface area contributed by atoms with Crippen molar-refractivity contribution in [1.82, 2.24) is 9.88 Å². The molecule has 0 spiro atoms. The second kappa shape index (κ2) is 7.86. The van der Waals surface area contributed by atoms with Crippen molar-refractivity contribution in [3.05, 3.63) is 57.7 Å². The van der Waals surface area contributed by atoms with E-state index in [1.54, 1.807) is 19.4 Å². The third-order valence-corrected chi connectivity index (χ3v) is 5.85. The molecule has 0 unspecified atom stereocenters. The van der Waals surface area contributed by atoms with Crippen LogP contribution in [0.2, 0.25) is 10.0 Å². The number of anilines is 1. The lowest BCUT2D eigenvalue weighted by Gasteiger charge is -2.21. The van der Waals surface area contributed by atoms with Crippen LogP contribution < -0.4 is 10.5 Å². The molecule has 3 heterocycles. The Bertz CT molecular complexity index is 1110. The van der Waals surface area contributed by atoms with Crippen LogP contribution in [0.3, 0.4) is 0 Å². The molecule has 0 saturated carbocycles. The zero-order valence-corrected chi connectivity index (χ0v) is 17.5. The van der Waals surface area contributed by atoms with Crippen LogP contribution in [0.5, 0.6) is 5.75 Å². The maximum atomic E-state index is 13.9. The first kappa shape index (κ1) is 20.0. The van der Waals surface area contributed by atoms with Gasteiger partial charge in [0.15, 0.2) is 11.4 Å². The fourth-order valence-electron chi connectivity index (χ4n) is 3.51. The molecule has 0 radical (unpaired) electrons. The lowest BCUT2D eigenvalue weighted by molar-refractivity contribution is 0.227. The normalized spacial score (nSPS) is 16.1. The summed E-state index contributed by atoms with van der Waals surface area (Å²) in [6, 6.07) is 2.66. The summed E-state index contributed by atoms with van der Waals surface area (Å²) in [4.78, 5) is 6.51. The molecule has 0 bridgehead atoms. The number of benzene rings is 1. The predicted octanol–water partition coefficient (Wildman–Crippen LogP) is 5.71. The molecule has 0 saturated heterocycles. The summed E-state index contributed by atoms with van der Waals surface area (Å²) in [6.45, 7) is 3.56. The number of nitrogens with two attached hydrogens (primary N) is 1. The molecule has 1 atom stereocenters. The van der Waals surface area contributed by atoms with E-state index >= 15 is 0 Å². The Balaban J connectivity index is 1.73. The van der Waals surface area contributed by atoms with Crippen molar-refractivity contribution in [1.29, 1.82) is 0 Å². The minimum absolute atomic E-state index is 0.0830. The van der Waals surface area contributed by atoms with Gasteiger partial charge in [-0.3, -0.25) is 0 Å². The third kappa shape index (κ3) is 3.68. The number of nitrogens with zero attached hydrogens (tertiary/aromatic N) is 2. The van der Waals surface area contributed by atoms with Gasteiger partial charge in [-0.05, 0) is 38.1 Å². The Morgan fingerprint density at radius 1 is 1.34 bits per heavy atom. The smallest absolute Gasteiger partial charge is 0.205 e. The topological polar surface area (TPSA) is 64.5 Å². The summed E-state index contributed by atoms with van der Waals surface area (Å²) >= 11 is 12.3. The number of halogens is 3. The summed E-state index contributed by atoms with van der Waals surface area (Å²) in [6.07, 6.45) is 5.80. The van der Waals surface area contributed by atoms with Crippen LogP contribution in [-0.2, 0) is 0 Å². The van der Waals surface area contributed by atoms with Crippen molar-refractivity contribution >= 4 is 45.6 Å². The zero-order valence-electron chi connectivity index (χ0n) is 16.0. The first-order valence-corrected chi connectivity index (χ1v) is 9.96. The van der Waals surface area contributed by atoms with Crippen molar-refractivity contribution in [3.8, 4) is 5.75 Å². The van der Waals surface area contributed by atoms with Gasteiger partial charge in [0.2, 0.25) is 5.75 Å². The van der Waals surface area contributed by atoms with Crippen molar-refractivity contribution in [2.45, 2.75) is 19.4 Å². The van der Waals surface area contributed by atoms with E-state index in [9.17, 15) is 4.39 Å². The molecule has 2 N–H and O–H groups in total. The van der Waals surface area contributed by atoms with Crippen LogP contribution in [0.4, 0.5) is 10.2 Å². The third-order valence-electron chi connectivity index (χ3n) is 5.14. The number of ether oxygens (including phenoxy) is 1. The van der Waals surface area contributed by atoms with Crippen LogP contribution in [0, 0.1) is 5.82 Å². The molecule has 4 rings (SSSR count). The Morgan fingerprint density at radius 3 is 2.86 bits per heavy atom. The molecule has 1 aliphatic rings. The first-order chi connectivity index (χ1) is 13.9. The van der Waals surface area contributed by atoms with Crippen LogP contribution in [0.25, 0.3) is 16.5 Å². The molecule has 0 aliphatic carbocycles. The maximum absolute atomic E-state index is 13.9. The van der Waals surface area contributed by atoms with E-state index in [0.717, 1.165) is 30.5 Å². The van der Waals surface area contributed by atoms with Crippen LogP contribution in [0.15, 0.2) is 35.1 Å². The van der Waals surface area contributed by atoms with E-state index in [1.165, 1.54) is 17.7 Å². The summed E-state index contributed by atoms with van der Waals surface area (Å²) in [5.74, 6) is -0.113. The van der Waals surface area contributed by atoms with Gasteiger partial charge >= 0.3 is 0 Å². The standard InChI is InChI=1S/C21H20Cl2FN3O2/c1-11(17-15(22)3-4-16(24)18(17)23)29-20-19-13(9-26-21(20)25)14(10-28-19)12-5-7-27(2)8-6-12/h3-5,9-11H,6-8H2,1-2H3,(H2,25,26)/t11-/m1/s1. The van der Waals surface area contributed by atoms with Gasteiger partial charge in [0.05, 0.1) is 16.7 Å². The van der Waals surface area contributed by atoms with E-state index in [0.29, 0.717) is 16.2 Å². The minimum Gasteiger partial charge on any atom is -0.478 e. The van der Waals surface area contributed by atoms with E-state index in [2.05, 4.69) is 23.0 Å². The molecular weight excluding hydrogens is 416 g/mol. The fourth-order valence-corrected chi connectivity index (χ4v) is 4.19. The van der Waals surface area contributed by atoms with Crippen molar-refractivity contribution in [2.24, 2.45) is 0 Å². The summed E-state index contributed by atoms with van der Waals surface area (Å²) < 4.78 is 25.8. The van der Waals surface area contributed by atoms with Crippen LogP contribution >= 0.6 is 23.2 Å². The Kier molecular flexibility index (Phi) is 5.42. The van der Waals surface area contributed by atoms with E-state index in [-0.39, 0.29) is 16.6 Å². The van der Waals surface area contributed by atoms with E-state index in [4.69, 9.17) is 38.1 Å². The molecule has 152 valence electrons. The quantitative estimate of drug-likeness (QED) is 0.531. The second-order valence-corrected chi connectivity index (χ2v) is 7.91. The molecule has 0 fully saturated rings. The number of nitrogen functional groups attached to an aromatic ring is 1. The minimum atomic E-state index is -0.670. The summed E-state index contributed by atoms with van der Waals surface area (Å²) in [5.41, 5.74) is 9.07. The number of furan rings is 1. The average molecular weight is 436 g/mol. The highest BCUT2D eigenvalue weighted by Gasteiger charge is 2.24. The monoisotopic (exact) mass is 435 g/mol. The largest absolute Gasteiger partial charge is 0.478 e. The Hall–Kier alpha value is -2.28. The lowest BCUT2D eigenvalue weighted by Crippen LogP contribution is -2.23. The van der Waals surface area contributed by atoms with Crippen molar-refractivity contribution < 1.29 is 13.5 Å². The van der Waals surface area contributed by atoms with Crippen LogP contribution in [0.1, 0.15) is 30.6 Å². The summed E-state index contributed by atoms with van der Waals surface area (Å²) in [7, 11) is 2.08. The summed E-state index contributed by atoms with van der Waals surface area (Å²) in [5, 5.41) is 1.04. The fraction of sp³-hybridized carbons (Fsp3) is 0.286. The number of hydrogen-bond acceptors (Lipinski definition) is 5. The highest BCUT2D eigenvalue weighted by atomic mass is 35.5. The Morgan fingerprint density at radius 2 is 2.14 bits per heavy atom. The molecule has 1 aliphatic heterocycles. The molecule has 2 aromatic heterocycles. The number of fused-ring (bicyclic) bond motifs is 1. The highest BCUT2D eigenvalue weighted by Crippen LogP contribution is 2.41. The van der Waals surface area contributed by atoms with Gasteiger partial charge < -0.3 is 19.8 Å². The van der Waals surface area contributed by atoms with Gasteiger partial charge in [0.25, 0.3) is 0 Å². The van der Waals surface area contributed by atoms with Crippen molar-refractivity contribution in [2.75, 3.05) is 25.9 Å². The van der Waals surface area contributed by atoms with Gasteiger partial charge in [-0.1, -0.05) is 29.3 Å². The van der Waals surface area contributed by atoms with Crippen molar-refractivity contribution in [3.63, 3.8) is 0 Å². The molecule has 1 aromatic carbocycles. The first-order valence-electron chi connectivity index (χ1n) is 9.20. The maximum Gasteiger partial charge on any atom is 0.205 e. The van der Waals surface area contributed by atoms with E-state index in [1.807, 2.05) is 0 Å².